The zero-order chi connectivity index (χ0) is 15.3. The van der Waals surface area contributed by atoms with Crippen LogP contribution >= 0.6 is 0 Å². The molecular weight excluding hydrogens is 292 g/mol. The van der Waals surface area contributed by atoms with Crippen LogP contribution in [0.2, 0.25) is 0 Å². The van der Waals surface area contributed by atoms with Crippen LogP contribution < -0.4 is 14.8 Å². The fourth-order valence-electron chi connectivity index (χ4n) is 1.75. The van der Waals surface area contributed by atoms with Crippen molar-refractivity contribution in [3.05, 3.63) is 42.2 Å². The summed E-state index contributed by atoms with van der Waals surface area (Å²) in [6.45, 7) is 2.91. The van der Waals surface area contributed by atoms with Crippen LogP contribution in [0.3, 0.4) is 0 Å². The molecule has 2 aromatic rings. The highest BCUT2D eigenvalue weighted by molar-refractivity contribution is 7.89. The SMILES string of the molecule is CCOc1cccc(NCc2ccc(S(=O)(=O)NC)o2)c1. The van der Waals surface area contributed by atoms with Crippen LogP contribution in [0.1, 0.15) is 12.7 Å². The second-order valence-corrected chi connectivity index (χ2v) is 6.06. The number of ether oxygens (including phenoxy) is 1. The molecule has 0 amide bonds. The van der Waals surface area contributed by atoms with Crippen molar-refractivity contribution in [3.8, 4) is 5.75 Å². The van der Waals surface area contributed by atoms with Gasteiger partial charge in [-0.15, -0.1) is 0 Å². The summed E-state index contributed by atoms with van der Waals surface area (Å²) in [6.07, 6.45) is 0. The van der Waals surface area contributed by atoms with Gasteiger partial charge in [-0.05, 0) is 38.2 Å². The number of hydrogen-bond acceptors (Lipinski definition) is 5. The number of sulfonamides is 1. The Morgan fingerprint density at radius 3 is 2.76 bits per heavy atom. The Bertz CT molecular complexity index is 695. The number of nitrogens with one attached hydrogen (secondary N) is 2. The van der Waals surface area contributed by atoms with Gasteiger partial charge in [0.2, 0.25) is 5.09 Å². The molecule has 0 unspecified atom stereocenters. The van der Waals surface area contributed by atoms with E-state index in [9.17, 15) is 8.42 Å². The van der Waals surface area contributed by atoms with E-state index in [1.165, 1.54) is 13.1 Å². The predicted octanol–water partition coefficient (Wildman–Crippen LogP) is 2.20. The lowest BCUT2D eigenvalue weighted by Crippen LogP contribution is -2.17. The van der Waals surface area contributed by atoms with Crippen LogP contribution in [0, 0.1) is 0 Å². The Labute approximate surface area is 124 Å². The van der Waals surface area contributed by atoms with Crippen LogP contribution in [0.4, 0.5) is 5.69 Å². The standard InChI is InChI=1S/C14H18N2O4S/c1-3-19-12-6-4-5-11(9-12)16-10-13-7-8-14(20-13)21(17,18)15-2/h4-9,15-16H,3,10H2,1-2H3. The Morgan fingerprint density at radius 1 is 1.24 bits per heavy atom. The first-order valence-corrected chi connectivity index (χ1v) is 8.02. The molecule has 114 valence electrons. The third kappa shape index (κ3) is 3.99. The zero-order valence-corrected chi connectivity index (χ0v) is 12.7. The number of furan rings is 1. The Balaban J connectivity index is 2.02. The second kappa shape index (κ2) is 6.64. The number of rotatable bonds is 7. The minimum Gasteiger partial charge on any atom is -0.494 e. The summed E-state index contributed by atoms with van der Waals surface area (Å²) in [5.41, 5.74) is 0.871. The summed E-state index contributed by atoms with van der Waals surface area (Å²) in [4.78, 5) is 0. The van der Waals surface area contributed by atoms with Crippen molar-refractivity contribution in [1.82, 2.24) is 4.72 Å². The molecule has 0 aliphatic heterocycles. The van der Waals surface area contributed by atoms with E-state index in [4.69, 9.17) is 9.15 Å². The summed E-state index contributed by atoms with van der Waals surface area (Å²) in [5, 5.41) is 3.06. The zero-order valence-electron chi connectivity index (χ0n) is 11.9. The highest BCUT2D eigenvalue weighted by Crippen LogP contribution is 2.19. The molecule has 1 heterocycles. The van der Waals surface area contributed by atoms with E-state index in [1.807, 2.05) is 31.2 Å². The molecule has 0 fully saturated rings. The monoisotopic (exact) mass is 310 g/mol. The molecule has 0 radical (unpaired) electrons. The van der Waals surface area contributed by atoms with E-state index in [1.54, 1.807) is 6.07 Å². The summed E-state index contributed by atoms with van der Waals surface area (Å²) < 4.78 is 36.0. The Morgan fingerprint density at radius 2 is 2.05 bits per heavy atom. The van der Waals surface area contributed by atoms with Gasteiger partial charge in [-0.1, -0.05) is 6.07 Å². The van der Waals surface area contributed by atoms with Crippen molar-refractivity contribution in [2.75, 3.05) is 19.0 Å². The first-order valence-electron chi connectivity index (χ1n) is 6.54. The van der Waals surface area contributed by atoms with Crippen molar-refractivity contribution < 1.29 is 17.6 Å². The third-order valence-corrected chi connectivity index (χ3v) is 4.07. The van der Waals surface area contributed by atoms with E-state index in [-0.39, 0.29) is 5.09 Å². The van der Waals surface area contributed by atoms with Gasteiger partial charge in [0, 0.05) is 11.8 Å². The maximum Gasteiger partial charge on any atom is 0.273 e. The summed E-state index contributed by atoms with van der Waals surface area (Å²) in [7, 11) is -2.20. The van der Waals surface area contributed by atoms with Gasteiger partial charge in [-0.25, -0.2) is 13.1 Å². The summed E-state index contributed by atoms with van der Waals surface area (Å²) >= 11 is 0. The lowest BCUT2D eigenvalue weighted by molar-refractivity contribution is 0.340. The highest BCUT2D eigenvalue weighted by Gasteiger charge is 2.16. The molecule has 0 bridgehead atoms. The van der Waals surface area contributed by atoms with E-state index >= 15 is 0 Å². The molecule has 0 saturated heterocycles. The maximum atomic E-state index is 11.6. The van der Waals surface area contributed by atoms with Crippen molar-refractivity contribution in [2.24, 2.45) is 0 Å². The van der Waals surface area contributed by atoms with Gasteiger partial charge in [0.15, 0.2) is 0 Å². The number of benzene rings is 1. The van der Waals surface area contributed by atoms with Crippen LogP contribution in [0.5, 0.6) is 5.75 Å². The molecule has 2 rings (SSSR count). The van der Waals surface area contributed by atoms with Crippen molar-refractivity contribution in [3.63, 3.8) is 0 Å². The van der Waals surface area contributed by atoms with Crippen LogP contribution in [0.25, 0.3) is 0 Å². The van der Waals surface area contributed by atoms with Crippen LogP contribution in [-0.4, -0.2) is 22.1 Å². The van der Waals surface area contributed by atoms with Crippen LogP contribution in [0.15, 0.2) is 45.9 Å². The molecule has 2 N–H and O–H groups in total. The predicted molar refractivity (Wildman–Crippen MR) is 79.9 cm³/mol. The summed E-state index contributed by atoms with van der Waals surface area (Å²) in [5.74, 6) is 1.31. The largest absolute Gasteiger partial charge is 0.494 e. The summed E-state index contributed by atoms with van der Waals surface area (Å²) in [6, 6.07) is 10.6. The van der Waals surface area contributed by atoms with Gasteiger partial charge in [0.25, 0.3) is 10.0 Å². The molecular formula is C14H18N2O4S. The average Bonchev–Trinajstić information content (AvgIpc) is 2.96. The lowest BCUT2D eigenvalue weighted by atomic mass is 10.3. The van der Waals surface area contributed by atoms with Gasteiger partial charge >= 0.3 is 0 Å². The molecule has 6 nitrogen and oxygen atoms in total. The van der Waals surface area contributed by atoms with E-state index < -0.39 is 10.0 Å². The molecule has 0 saturated carbocycles. The molecule has 0 atom stereocenters. The Kier molecular flexibility index (Phi) is 4.87. The minimum absolute atomic E-state index is 0.0927. The molecule has 21 heavy (non-hydrogen) atoms. The van der Waals surface area contributed by atoms with Gasteiger partial charge in [0.05, 0.1) is 13.2 Å². The van der Waals surface area contributed by atoms with Crippen molar-refractivity contribution in [2.45, 2.75) is 18.6 Å². The minimum atomic E-state index is -3.54. The second-order valence-electron chi connectivity index (χ2n) is 4.24. The molecule has 0 spiro atoms. The molecule has 1 aromatic heterocycles. The van der Waals surface area contributed by atoms with Gasteiger partial charge in [0.1, 0.15) is 11.5 Å². The fourth-order valence-corrected chi connectivity index (χ4v) is 2.42. The van der Waals surface area contributed by atoms with Gasteiger partial charge < -0.3 is 14.5 Å². The quantitative estimate of drug-likeness (QED) is 0.819. The first-order chi connectivity index (χ1) is 10.0. The van der Waals surface area contributed by atoms with Crippen LogP contribution in [-0.2, 0) is 16.6 Å². The smallest absolute Gasteiger partial charge is 0.273 e. The molecule has 0 aliphatic carbocycles. The number of hydrogen-bond donors (Lipinski definition) is 2. The highest BCUT2D eigenvalue weighted by atomic mass is 32.2. The van der Waals surface area contributed by atoms with Gasteiger partial charge in [-0.2, -0.15) is 0 Å². The maximum absolute atomic E-state index is 11.6. The Hall–Kier alpha value is -1.99. The molecule has 1 aromatic carbocycles. The van der Waals surface area contributed by atoms with Crippen molar-refractivity contribution >= 4 is 15.7 Å². The fraction of sp³-hybridized carbons (Fsp3) is 0.286. The van der Waals surface area contributed by atoms with E-state index in [0.29, 0.717) is 18.9 Å². The topological polar surface area (TPSA) is 80.6 Å². The molecule has 7 heteroatoms. The average molecular weight is 310 g/mol. The van der Waals surface area contributed by atoms with E-state index in [0.717, 1.165) is 11.4 Å². The number of anilines is 1. The lowest BCUT2D eigenvalue weighted by Gasteiger charge is -2.07. The molecule has 0 aliphatic rings. The van der Waals surface area contributed by atoms with E-state index in [2.05, 4.69) is 10.0 Å². The van der Waals surface area contributed by atoms with Crippen molar-refractivity contribution in [1.29, 1.82) is 0 Å². The van der Waals surface area contributed by atoms with Gasteiger partial charge in [-0.3, -0.25) is 0 Å². The first kappa shape index (κ1) is 15.4. The normalized spacial score (nSPS) is 11.3. The third-order valence-electron chi connectivity index (χ3n) is 2.78.